The van der Waals surface area contributed by atoms with Crippen molar-refractivity contribution in [1.82, 2.24) is 30.0 Å². The third-order valence-corrected chi connectivity index (χ3v) is 6.12. The first kappa shape index (κ1) is 23.2. The zero-order valence-corrected chi connectivity index (χ0v) is 20.2. The molecule has 2 aromatic carbocycles. The number of hydrogen-bond acceptors (Lipinski definition) is 7. The summed E-state index contributed by atoms with van der Waals surface area (Å²) in [6.45, 7) is 11.1. The largest absolute Gasteiger partial charge is 0.493 e. The van der Waals surface area contributed by atoms with Crippen molar-refractivity contribution < 1.29 is 9.47 Å². The minimum atomic E-state index is -0.233. The molecule has 0 amide bonds. The summed E-state index contributed by atoms with van der Waals surface area (Å²) < 4.78 is 13.0. The second kappa shape index (κ2) is 9.89. The highest BCUT2D eigenvalue weighted by Gasteiger charge is 2.33. The predicted molar refractivity (Wildman–Crippen MR) is 127 cm³/mol. The van der Waals surface area contributed by atoms with Crippen molar-refractivity contribution in [3.05, 3.63) is 65.5 Å². The topological polar surface area (TPSA) is 68.5 Å². The summed E-state index contributed by atoms with van der Waals surface area (Å²) >= 11 is 0. The molecule has 1 aliphatic heterocycles. The second-order valence-corrected chi connectivity index (χ2v) is 9.43. The van der Waals surface area contributed by atoms with Crippen LogP contribution in [-0.4, -0.2) is 70.4 Å². The van der Waals surface area contributed by atoms with Gasteiger partial charge in [0.25, 0.3) is 0 Å². The van der Waals surface area contributed by atoms with Crippen LogP contribution in [0.15, 0.2) is 48.5 Å². The maximum Gasteiger partial charge on any atom is 0.173 e. The number of methoxy groups -OCH3 is 2. The first-order valence-electron chi connectivity index (χ1n) is 11.4. The molecular weight excluding hydrogens is 416 g/mol. The van der Waals surface area contributed by atoms with Crippen LogP contribution in [0.3, 0.4) is 0 Å². The first-order chi connectivity index (χ1) is 15.9. The number of benzene rings is 2. The van der Waals surface area contributed by atoms with E-state index in [1.165, 1.54) is 5.56 Å². The van der Waals surface area contributed by atoms with Crippen LogP contribution in [0.25, 0.3) is 0 Å². The summed E-state index contributed by atoms with van der Waals surface area (Å²) in [7, 11) is 3.32. The Morgan fingerprint density at radius 3 is 2.24 bits per heavy atom. The summed E-state index contributed by atoms with van der Waals surface area (Å²) in [5.41, 5.74) is 2.20. The summed E-state index contributed by atoms with van der Waals surface area (Å²) in [6, 6.07) is 16.7. The van der Waals surface area contributed by atoms with Crippen molar-refractivity contribution in [2.45, 2.75) is 38.9 Å². The van der Waals surface area contributed by atoms with E-state index in [1.54, 1.807) is 14.2 Å². The van der Waals surface area contributed by atoms with Crippen molar-refractivity contribution in [2.75, 3.05) is 40.4 Å². The van der Waals surface area contributed by atoms with E-state index in [1.807, 2.05) is 16.8 Å². The summed E-state index contributed by atoms with van der Waals surface area (Å²) in [5.74, 6) is 2.26. The molecule has 33 heavy (non-hydrogen) atoms. The molecule has 1 atom stereocenters. The molecule has 0 saturated carbocycles. The summed E-state index contributed by atoms with van der Waals surface area (Å²) in [4.78, 5) is 4.97. The maximum atomic E-state index is 5.60. The second-order valence-electron chi connectivity index (χ2n) is 9.43. The number of nitrogens with zero attached hydrogens (tertiary/aromatic N) is 6. The van der Waals surface area contributed by atoms with Gasteiger partial charge in [0, 0.05) is 32.7 Å². The standard InChI is InChI=1S/C25H34N6O2/c1-25(2,3)31-24(26-27-28-31)23(20-11-12-21(32-4)22(17-20)33-5)30-15-13-29(14-16-30)18-19-9-7-6-8-10-19/h6-12,17,23H,13-16,18H2,1-5H3. The maximum absolute atomic E-state index is 5.60. The Morgan fingerprint density at radius 2 is 1.61 bits per heavy atom. The lowest BCUT2D eigenvalue weighted by Crippen LogP contribution is -2.48. The highest BCUT2D eigenvalue weighted by molar-refractivity contribution is 5.45. The van der Waals surface area contributed by atoms with Crippen LogP contribution in [0.2, 0.25) is 0 Å². The fraction of sp³-hybridized carbons (Fsp3) is 0.480. The zero-order valence-electron chi connectivity index (χ0n) is 20.2. The molecule has 0 aliphatic carbocycles. The van der Waals surface area contributed by atoms with Crippen molar-refractivity contribution in [3.63, 3.8) is 0 Å². The number of rotatable bonds is 7. The number of hydrogen-bond donors (Lipinski definition) is 0. The Bertz CT molecular complexity index is 1040. The van der Waals surface area contributed by atoms with Crippen molar-refractivity contribution in [2.24, 2.45) is 0 Å². The SMILES string of the molecule is COc1ccc(C(c2nnnn2C(C)(C)C)N2CCN(Cc3ccccc3)CC2)cc1OC. The Kier molecular flexibility index (Phi) is 6.95. The van der Waals surface area contributed by atoms with E-state index in [4.69, 9.17) is 9.47 Å². The van der Waals surface area contributed by atoms with Crippen molar-refractivity contribution >= 4 is 0 Å². The van der Waals surface area contributed by atoms with Gasteiger partial charge < -0.3 is 9.47 Å². The minimum absolute atomic E-state index is 0.0853. The van der Waals surface area contributed by atoms with E-state index >= 15 is 0 Å². The van der Waals surface area contributed by atoms with Crippen LogP contribution in [0, 0.1) is 0 Å². The number of piperazine rings is 1. The van der Waals surface area contributed by atoms with E-state index in [2.05, 4.69) is 82.5 Å². The Hall–Kier alpha value is -2.97. The van der Waals surface area contributed by atoms with Crippen molar-refractivity contribution in [1.29, 1.82) is 0 Å². The monoisotopic (exact) mass is 450 g/mol. The van der Waals surface area contributed by atoms with Gasteiger partial charge >= 0.3 is 0 Å². The Balaban J connectivity index is 1.63. The van der Waals surface area contributed by atoms with Gasteiger partial charge in [0.1, 0.15) is 0 Å². The average Bonchev–Trinajstić information content (AvgIpc) is 3.31. The lowest BCUT2D eigenvalue weighted by atomic mass is 10.0. The molecule has 0 bridgehead atoms. The molecule has 1 aliphatic rings. The minimum Gasteiger partial charge on any atom is -0.493 e. The molecule has 3 aromatic rings. The molecule has 4 rings (SSSR count). The van der Waals surface area contributed by atoms with Gasteiger partial charge in [-0.25, -0.2) is 4.68 Å². The molecule has 176 valence electrons. The Labute approximate surface area is 196 Å². The molecule has 2 heterocycles. The lowest BCUT2D eigenvalue weighted by Gasteiger charge is -2.39. The van der Waals surface area contributed by atoms with Gasteiger partial charge in [-0.3, -0.25) is 9.80 Å². The molecular formula is C25H34N6O2. The molecule has 8 heteroatoms. The third-order valence-electron chi connectivity index (χ3n) is 6.12. The normalized spacial score (nSPS) is 16.5. The smallest absolute Gasteiger partial charge is 0.173 e. The fourth-order valence-electron chi connectivity index (χ4n) is 4.41. The number of aromatic nitrogens is 4. The molecule has 0 N–H and O–H groups in total. The predicted octanol–water partition coefficient (Wildman–Crippen LogP) is 3.35. The van der Waals surface area contributed by atoms with Gasteiger partial charge in [-0.1, -0.05) is 36.4 Å². The van der Waals surface area contributed by atoms with E-state index < -0.39 is 0 Å². The van der Waals surface area contributed by atoms with E-state index in [9.17, 15) is 0 Å². The molecule has 1 saturated heterocycles. The molecule has 0 radical (unpaired) electrons. The van der Waals surface area contributed by atoms with Crippen LogP contribution in [0.1, 0.15) is 43.8 Å². The van der Waals surface area contributed by atoms with E-state index in [0.717, 1.165) is 44.1 Å². The van der Waals surface area contributed by atoms with Gasteiger partial charge in [-0.05, 0) is 54.5 Å². The third kappa shape index (κ3) is 5.17. The van der Waals surface area contributed by atoms with Crippen LogP contribution >= 0.6 is 0 Å². The van der Waals surface area contributed by atoms with E-state index in [-0.39, 0.29) is 11.6 Å². The average molecular weight is 451 g/mol. The zero-order chi connectivity index (χ0) is 23.4. The van der Waals surface area contributed by atoms with Gasteiger partial charge in [0.2, 0.25) is 0 Å². The van der Waals surface area contributed by atoms with Gasteiger partial charge in [0.05, 0.1) is 25.8 Å². The van der Waals surface area contributed by atoms with Crippen LogP contribution < -0.4 is 9.47 Å². The summed E-state index contributed by atoms with van der Waals surface area (Å²) in [6.07, 6.45) is 0. The van der Waals surface area contributed by atoms with Crippen LogP contribution in [0.5, 0.6) is 11.5 Å². The van der Waals surface area contributed by atoms with Crippen LogP contribution in [-0.2, 0) is 12.1 Å². The molecule has 8 nitrogen and oxygen atoms in total. The van der Waals surface area contributed by atoms with Crippen LogP contribution in [0.4, 0.5) is 0 Å². The van der Waals surface area contributed by atoms with Crippen molar-refractivity contribution in [3.8, 4) is 11.5 Å². The molecule has 1 unspecified atom stereocenters. The van der Waals surface area contributed by atoms with Gasteiger partial charge in [0.15, 0.2) is 17.3 Å². The van der Waals surface area contributed by atoms with Gasteiger partial charge in [-0.2, -0.15) is 0 Å². The lowest BCUT2D eigenvalue weighted by molar-refractivity contribution is 0.0978. The quantitative estimate of drug-likeness (QED) is 0.547. The van der Waals surface area contributed by atoms with E-state index in [0.29, 0.717) is 11.5 Å². The Morgan fingerprint density at radius 1 is 0.909 bits per heavy atom. The van der Waals surface area contributed by atoms with Gasteiger partial charge in [-0.15, -0.1) is 5.10 Å². The fourth-order valence-corrected chi connectivity index (χ4v) is 4.41. The highest BCUT2D eigenvalue weighted by atomic mass is 16.5. The first-order valence-corrected chi connectivity index (χ1v) is 11.4. The molecule has 1 aromatic heterocycles. The number of ether oxygens (including phenoxy) is 2. The highest BCUT2D eigenvalue weighted by Crippen LogP contribution is 2.36. The number of tetrazole rings is 1. The molecule has 0 spiro atoms. The summed E-state index contributed by atoms with van der Waals surface area (Å²) in [5, 5.41) is 12.9. The molecule has 1 fully saturated rings.